The zero-order chi connectivity index (χ0) is 15.5. The summed E-state index contributed by atoms with van der Waals surface area (Å²) >= 11 is 0. The highest BCUT2D eigenvalue weighted by Gasteiger charge is 2.42. The van der Waals surface area contributed by atoms with Crippen molar-refractivity contribution in [1.82, 2.24) is 10.6 Å². The van der Waals surface area contributed by atoms with Crippen molar-refractivity contribution in [1.29, 1.82) is 0 Å². The molecule has 0 aromatic rings. The highest BCUT2D eigenvalue weighted by Crippen LogP contribution is 2.37. The molecule has 0 aromatic carbocycles. The van der Waals surface area contributed by atoms with Crippen LogP contribution in [-0.2, 0) is 0 Å². The molecule has 7 heteroatoms. The summed E-state index contributed by atoms with van der Waals surface area (Å²) in [7, 11) is 1.72. The average molecular weight is 433 g/mol. The number of guanidine groups is 1. The SMILES string of the molecule is CCCC1CC1NC(=NC)NC1CCC(C(F)(F)F)CC1.I. The summed E-state index contributed by atoms with van der Waals surface area (Å²) < 4.78 is 37.9. The Bertz CT molecular complexity index is 366. The lowest BCUT2D eigenvalue weighted by atomic mass is 9.85. The standard InChI is InChI=1S/C15H26F3N3.HI/c1-3-4-10-9-13(10)21-14(19-2)20-12-7-5-11(6-8-12)15(16,17)18;/h10-13H,3-9H2,1-2H3,(H2,19,20,21);1H. The first-order valence-electron chi connectivity index (χ1n) is 8.00. The normalized spacial score (nSPS) is 32.1. The van der Waals surface area contributed by atoms with E-state index in [0.717, 1.165) is 11.9 Å². The van der Waals surface area contributed by atoms with E-state index in [1.807, 2.05) is 0 Å². The molecule has 2 fully saturated rings. The third-order valence-corrected chi connectivity index (χ3v) is 4.66. The highest BCUT2D eigenvalue weighted by molar-refractivity contribution is 14.0. The Balaban J connectivity index is 0.00000242. The molecule has 0 amide bonds. The van der Waals surface area contributed by atoms with Crippen LogP contribution in [0.5, 0.6) is 0 Å². The Morgan fingerprint density at radius 3 is 2.27 bits per heavy atom. The van der Waals surface area contributed by atoms with Crippen LogP contribution >= 0.6 is 24.0 Å². The van der Waals surface area contributed by atoms with Gasteiger partial charge in [0.25, 0.3) is 0 Å². The Morgan fingerprint density at radius 1 is 1.14 bits per heavy atom. The van der Waals surface area contributed by atoms with Gasteiger partial charge in [-0.05, 0) is 44.4 Å². The van der Waals surface area contributed by atoms with E-state index in [0.29, 0.717) is 18.9 Å². The van der Waals surface area contributed by atoms with Crippen molar-refractivity contribution in [3.8, 4) is 0 Å². The monoisotopic (exact) mass is 433 g/mol. The Kier molecular flexibility index (Phi) is 7.74. The molecule has 0 radical (unpaired) electrons. The Hall–Kier alpha value is -0.210. The number of nitrogens with zero attached hydrogens (tertiary/aromatic N) is 1. The molecular weight excluding hydrogens is 406 g/mol. The lowest BCUT2D eigenvalue weighted by Gasteiger charge is -2.31. The van der Waals surface area contributed by atoms with E-state index in [1.54, 1.807) is 7.05 Å². The van der Waals surface area contributed by atoms with Gasteiger partial charge in [0.15, 0.2) is 5.96 Å². The zero-order valence-electron chi connectivity index (χ0n) is 13.2. The maximum absolute atomic E-state index is 12.6. The van der Waals surface area contributed by atoms with Crippen LogP contribution in [0.1, 0.15) is 51.9 Å². The molecule has 0 aliphatic heterocycles. The van der Waals surface area contributed by atoms with Crippen molar-refractivity contribution >= 4 is 29.9 Å². The van der Waals surface area contributed by atoms with E-state index in [-0.39, 0.29) is 42.9 Å². The van der Waals surface area contributed by atoms with Crippen LogP contribution < -0.4 is 10.6 Å². The molecule has 3 nitrogen and oxygen atoms in total. The third-order valence-electron chi connectivity index (χ3n) is 4.66. The van der Waals surface area contributed by atoms with Crippen molar-refractivity contribution in [2.75, 3.05) is 7.05 Å². The molecule has 2 rings (SSSR count). The van der Waals surface area contributed by atoms with Gasteiger partial charge < -0.3 is 10.6 Å². The van der Waals surface area contributed by atoms with E-state index in [9.17, 15) is 13.2 Å². The van der Waals surface area contributed by atoms with Gasteiger partial charge in [0, 0.05) is 19.1 Å². The van der Waals surface area contributed by atoms with Gasteiger partial charge in [-0.15, -0.1) is 24.0 Å². The Morgan fingerprint density at radius 2 is 1.77 bits per heavy atom. The molecule has 2 aliphatic rings. The molecule has 2 atom stereocenters. The first kappa shape index (κ1) is 19.8. The van der Waals surface area contributed by atoms with Gasteiger partial charge in [-0.25, -0.2) is 0 Å². The zero-order valence-corrected chi connectivity index (χ0v) is 15.6. The maximum atomic E-state index is 12.6. The summed E-state index contributed by atoms with van der Waals surface area (Å²) in [6.07, 6.45) is 1.13. The summed E-state index contributed by atoms with van der Waals surface area (Å²) in [5.41, 5.74) is 0. The number of nitrogens with one attached hydrogen (secondary N) is 2. The summed E-state index contributed by atoms with van der Waals surface area (Å²) in [6, 6.07) is 0.598. The quantitative estimate of drug-likeness (QED) is 0.398. The summed E-state index contributed by atoms with van der Waals surface area (Å²) in [5.74, 6) is 0.353. The largest absolute Gasteiger partial charge is 0.391 e. The molecule has 22 heavy (non-hydrogen) atoms. The van der Waals surface area contributed by atoms with Crippen LogP contribution in [0.25, 0.3) is 0 Å². The first-order valence-corrected chi connectivity index (χ1v) is 8.00. The van der Waals surface area contributed by atoms with Gasteiger partial charge in [-0.2, -0.15) is 13.2 Å². The molecule has 0 saturated heterocycles. The molecule has 0 heterocycles. The molecule has 0 aromatic heterocycles. The fourth-order valence-corrected chi connectivity index (χ4v) is 3.22. The lowest BCUT2D eigenvalue weighted by molar-refractivity contribution is -0.182. The van der Waals surface area contributed by atoms with E-state index in [4.69, 9.17) is 0 Å². The van der Waals surface area contributed by atoms with Crippen molar-refractivity contribution < 1.29 is 13.2 Å². The summed E-state index contributed by atoms with van der Waals surface area (Å²) in [5, 5.41) is 6.66. The van der Waals surface area contributed by atoms with Gasteiger partial charge in [0.2, 0.25) is 0 Å². The predicted octanol–water partition coefficient (Wildman–Crippen LogP) is 4.08. The second-order valence-electron chi connectivity index (χ2n) is 6.34. The third kappa shape index (κ3) is 5.77. The first-order chi connectivity index (χ1) is 9.94. The maximum Gasteiger partial charge on any atom is 0.391 e. The van der Waals surface area contributed by atoms with E-state index >= 15 is 0 Å². The highest BCUT2D eigenvalue weighted by atomic mass is 127. The second-order valence-corrected chi connectivity index (χ2v) is 6.34. The minimum atomic E-state index is -4.04. The van der Waals surface area contributed by atoms with E-state index in [1.165, 1.54) is 19.3 Å². The van der Waals surface area contributed by atoms with Crippen LogP contribution in [0.2, 0.25) is 0 Å². The van der Waals surface area contributed by atoms with Crippen LogP contribution in [0.3, 0.4) is 0 Å². The van der Waals surface area contributed by atoms with Crippen LogP contribution in [0.15, 0.2) is 4.99 Å². The molecule has 0 bridgehead atoms. The van der Waals surface area contributed by atoms with Crippen molar-refractivity contribution in [3.63, 3.8) is 0 Å². The number of alkyl halides is 3. The van der Waals surface area contributed by atoms with Gasteiger partial charge in [-0.1, -0.05) is 13.3 Å². The molecule has 2 unspecified atom stereocenters. The molecule has 2 saturated carbocycles. The van der Waals surface area contributed by atoms with E-state index in [2.05, 4.69) is 22.5 Å². The lowest BCUT2D eigenvalue weighted by Crippen LogP contribution is -2.46. The van der Waals surface area contributed by atoms with Crippen molar-refractivity contribution in [3.05, 3.63) is 0 Å². The van der Waals surface area contributed by atoms with Crippen molar-refractivity contribution in [2.45, 2.75) is 70.1 Å². The smallest absolute Gasteiger partial charge is 0.354 e. The molecule has 2 N–H and O–H groups in total. The number of rotatable bonds is 4. The number of aliphatic imine (C=N–C) groups is 1. The number of hydrogen-bond donors (Lipinski definition) is 2. The van der Waals surface area contributed by atoms with Crippen LogP contribution in [0.4, 0.5) is 13.2 Å². The average Bonchev–Trinajstić information content (AvgIpc) is 3.16. The fourth-order valence-electron chi connectivity index (χ4n) is 3.22. The van der Waals surface area contributed by atoms with E-state index < -0.39 is 12.1 Å². The topological polar surface area (TPSA) is 36.4 Å². The summed E-state index contributed by atoms with van der Waals surface area (Å²) in [6.45, 7) is 2.18. The molecule has 130 valence electrons. The minimum Gasteiger partial charge on any atom is -0.354 e. The second kappa shape index (κ2) is 8.59. The van der Waals surface area contributed by atoms with Gasteiger partial charge >= 0.3 is 6.18 Å². The van der Waals surface area contributed by atoms with Crippen molar-refractivity contribution in [2.24, 2.45) is 16.8 Å². The number of halogens is 4. The molecular formula is C15H27F3IN3. The molecule has 2 aliphatic carbocycles. The Labute approximate surface area is 147 Å². The van der Waals surface area contributed by atoms with Gasteiger partial charge in [-0.3, -0.25) is 4.99 Å². The van der Waals surface area contributed by atoms with Gasteiger partial charge in [0.1, 0.15) is 0 Å². The van der Waals surface area contributed by atoms with Crippen LogP contribution in [0, 0.1) is 11.8 Å². The number of hydrogen-bond acceptors (Lipinski definition) is 1. The summed E-state index contributed by atoms with van der Waals surface area (Å²) in [4.78, 5) is 4.20. The minimum absolute atomic E-state index is 0. The van der Waals surface area contributed by atoms with Crippen LogP contribution in [-0.4, -0.2) is 31.3 Å². The fraction of sp³-hybridized carbons (Fsp3) is 0.933. The van der Waals surface area contributed by atoms with Gasteiger partial charge in [0.05, 0.1) is 5.92 Å². The predicted molar refractivity (Wildman–Crippen MR) is 93.6 cm³/mol. The molecule has 0 spiro atoms.